The van der Waals surface area contributed by atoms with Gasteiger partial charge in [-0.05, 0) is 61.8 Å². The fourth-order valence-corrected chi connectivity index (χ4v) is 4.30. The second-order valence-electron chi connectivity index (χ2n) is 6.50. The first kappa shape index (κ1) is 20.7. The van der Waals surface area contributed by atoms with Gasteiger partial charge >= 0.3 is 5.97 Å². The second-order valence-corrected chi connectivity index (χ2v) is 8.54. The maximum absolute atomic E-state index is 12.2. The molecule has 0 heterocycles. The van der Waals surface area contributed by atoms with E-state index >= 15 is 0 Å². The van der Waals surface area contributed by atoms with Crippen LogP contribution in [0.4, 0.5) is 0 Å². The molecule has 1 aliphatic carbocycles. The van der Waals surface area contributed by atoms with Crippen molar-refractivity contribution in [2.45, 2.75) is 44.6 Å². The molecular formula is C19H24ClNO4S. The maximum atomic E-state index is 12.2. The van der Waals surface area contributed by atoms with Crippen molar-refractivity contribution < 1.29 is 18.3 Å². The molecule has 0 bridgehead atoms. The molecule has 1 aliphatic rings. The van der Waals surface area contributed by atoms with Gasteiger partial charge < -0.3 is 5.11 Å². The second kappa shape index (κ2) is 9.90. The zero-order chi connectivity index (χ0) is 19.0. The summed E-state index contributed by atoms with van der Waals surface area (Å²) in [5.41, 5.74) is 0.733. The third kappa shape index (κ3) is 7.72. The molecule has 5 nitrogen and oxygen atoms in total. The van der Waals surface area contributed by atoms with E-state index in [1.807, 2.05) is 6.08 Å². The van der Waals surface area contributed by atoms with Crippen LogP contribution in [-0.2, 0) is 14.8 Å². The van der Waals surface area contributed by atoms with Crippen LogP contribution in [0, 0.1) is 5.92 Å². The van der Waals surface area contributed by atoms with Crippen molar-refractivity contribution in [1.29, 1.82) is 0 Å². The minimum Gasteiger partial charge on any atom is -0.481 e. The van der Waals surface area contributed by atoms with E-state index in [2.05, 4.69) is 10.8 Å². The molecular weight excluding hydrogens is 374 g/mol. The molecule has 0 spiro atoms. The molecule has 2 rings (SSSR count). The Morgan fingerprint density at radius 1 is 1.35 bits per heavy atom. The predicted octanol–water partition coefficient (Wildman–Crippen LogP) is 4.21. The first-order chi connectivity index (χ1) is 12.3. The number of hydrogen-bond acceptors (Lipinski definition) is 3. The molecule has 0 amide bonds. The summed E-state index contributed by atoms with van der Waals surface area (Å²) in [5, 5.41) is 10.3. The lowest BCUT2D eigenvalue weighted by molar-refractivity contribution is -0.137. The zero-order valence-corrected chi connectivity index (χ0v) is 16.0. The minimum atomic E-state index is -3.50. The van der Waals surface area contributed by atoms with Gasteiger partial charge in [-0.3, -0.25) is 4.79 Å². The Morgan fingerprint density at radius 2 is 2.15 bits per heavy atom. The van der Waals surface area contributed by atoms with E-state index in [-0.39, 0.29) is 12.5 Å². The van der Waals surface area contributed by atoms with Gasteiger partial charge in [-0.1, -0.05) is 35.9 Å². The summed E-state index contributed by atoms with van der Waals surface area (Å²) >= 11 is 5.89. The molecule has 2 unspecified atom stereocenters. The lowest BCUT2D eigenvalue weighted by Gasteiger charge is -2.10. The van der Waals surface area contributed by atoms with E-state index in [9.17, 15) is 13.2 Å². The third-order valence-electron chi connectivity index (χ3n) is 4.26. The highest BCUT2D eigenvalue weighted by atomic mass is 35.5. The molecule has 0 saturated heterocycles. The van der Waals surface area contributed by atoms with Gasteiger partial charge in [0.2, 0.25) is 10.0 Å². The average Bonchev–Trinajstić information content (AvgIpc) is 2.99. The molecule has 2 atom stereocenters. The van der Waals surface area contributed by atoms with Gasteiger partial charge in [0.25, 0.3) is 0 Å². The molecule has 1 fully saturated rings. The van der Waals surface area contributed by atoms with Crippen molar-refractivity contribution in [2.24, 2.45) is 5.92 Å². The number of halogens is 1. The lowest BCUT2D eigenvalue weighted by Crippen LogP contribution is -2.31. The summed E-state index contributed by atoms with van der Waals surface area (Å²) in [6.45, 7) is 0. The van der Waals surface area contributed by atoms with Crippen molar-refractivity contribution in [1.82, 2.24) is 4.72 Å². The Bertz CT molecular complexity index is 773. The summed E-state index contributed by atoms with van der Waals surface area (Å²) in [6, 6.07) is 6.93. The van der Waals surface area contributed by atoms with E-state index in [1.165, 1.54) is 11.5 Å². The molecule has 1 saturated carbocycles. The van der Waals surface area contributed by atoms with Crippen molar-refractivity contribution in [2.75, 3.05) is 0 Å². The molecule has 0 radical (unpaired) electrons. The molecule has 26 heavy (non-hydrogen) atoms. The Balaban J connectivity index is 1.79. The summed E-state index contributed by atoms with van der Waals surface area (Å²) in [5.74, 6) is -0.441. The van der Waals surface area contributed by atoms with Crippen molar-refractivity contribution in [3.63, 3.8) is 0 Å². The zero-order valence-electron chi connectivity index (χ0n) is 14.5. The number of rotatable bonds is 9. The van der Waals surface area contributed by atoms with Gasteiger partial charge in [-0.2, -0.15) is 0 Å². The number of carboxylic acid groups (broad SMARTS) is 1. The van der Waals surface area contributed by atoms with Crippen LogP contribution < -0.4 is 4.72 Å². The molecule has 1 aromatic carbocycles. The summed E-state index contributed by atoms with van der Waals surface area (Å²) < 4.78 is 27.1. The smallest absolute Gasteiger partial charge is 0.303 e. The number of sulfonamides is 1. The predicted molar refractivity (Wildman–Crippen MR) is 104 cm³/mol. The highest BCUT2D eigenvalue weighted by molar-refractivity contribution is 7.92. The van der Waals surface area contributed by atoms with Gasteiger partial charge in [0, 0.05) is 22.9 Å². The van der Waals surface area contributed by atoms with Crippen molar-refractivity contribution in [3.05, 3.63) is 52.4 Å². The van der Waals surface area contributed by atoms with Gasteiger partial charge in [0.05, 0.1) is 0 Å². The number of carboxylic acids is 1. The van der Waals surface area contributed by atoms with E-state index in [0.29, 0.717) is 17.4 Å². The molecule has 0 aliphatic heterocycles. The van der Waals surface area contributed by atoms with Gasteiger partial charge in [-0.25, -0.2) is 13.1 Å². The van der Waals surface area contributed by atoms with Gasteiger partial charge in [0.1, 0.15) is 0 Å². The maximum Gasteiger partial charge on any atom is 0.303 e. The Kier molecular flexibility index (Phi) is 7.87. The van der Waals surface area contributed by atoms with E-state index in [4.69, 9.17) is 16.7 Å². The molecule has 142 valence electrons. The summed E-state index contributed by atoms with van der Waals surface area (Å²) in [4.78, 5) is 10.5. The largest absolute Gasteiger partial charge is 0.481 e. The average molecular weight is 398 g/mol. The van der Waals surface area contributed by atoms with Crippen LogP contribution in [0.3, 0.4) is 0 Å². The monoisotopic (exact) mass is 397 g/mol. The normalized spacial score (nSPS) is 21.0. The highest BCUT2D eigenvalue weighted by Gasteiger charge is 2.25. The Morgan fingerprint density at radius 3 is 2.88 bits per heavy atom. The summed E-state index contributed by atoms with van der Waals surface area (Å²) in [7, 11) is -3.50. The number of carbonyl (C=O) groups is 1. The van der Waals surface area contributed by atoms with Crippen LogP contribution in [-0.4, -0.2) is 25.5 Å². The van der Waals surface area contributed by atoms with E-state index in [1.54, 1.807) is 24.3 Å². The van der Waals surface area contributed by atoms with E-state index < -0.39 is 16.0 Å². The van der Waals surface area contributed by atoms with Crippen LogP contribution >= 0.6 is 11.6 Å². The standard InChI is InChI=1S/C19H24ClNO4S/c20-17-7-4-6-16(13-17)11-12-26(24,25)21-18-10-9-15(14-18)5-2-1-3-8-19(22)23/h2,4-7,11-13,15,18,21H,1,3,8-10,14H2,(H,22,23)/b5-2+,12-11+. The van der Waals surface area contributed by atoms with Crippen molar-refractivity contribution in [3.8, 4) is 0 Å². The fraction of sp³-hybridized carbons (Fsp3) is 0.421. The number of unbranched alkanes of at least 4 members (excludes halogenated alkanes) is 1. The number of allylic oxidation sites excluding steroid dienone is 2. The van der Waals surface area contributed by atoms with Gasteiger partial charge in [-0.15, -0.1) is 0 Å². The first-order valence-corrected chi connectivity index (χ1v) is 10.6. The van der Waals surface area contributed by atoms with Crippen molar-refractivity contribution >= 4 is 33.7 Å². The number of hydrogen-bond donors (Lipinski definition) is 2. The van der Waals surface area contributed by atoms with Crippen LogP contribution in [0.1, 0.15) is 44.1 Å². The molecule has 7 heteroatoms. The topological polar surface area (TPSA) is 83.5 Å². The Hall–Kier alpha value is -1.63. The number of nitrogens with one attached hydrogen (secondary N) is 1. The number of benzene rings is 1. The highest BCUT2D eigenvalue weighted by Crippen LogP contribution is 2.27. The third-order valence-corrected chi connectivity index (χ3v) is 5.65. The first-order valence-electron chi connectivity index (χ1n) is 8.68. The fourth-order valence-electron chi connectivity index (χ4n) is 3.01. The summed E-state index contributed by atoms with van der Waals surface area (Å²) in [6.07, 6.45) is 9.65. The van der Waals surface area contributed by atoms with E-state index in [0.717, 1.165) is 31.2 Å². The van der Waals surface area contributed by atoms with Crippen LogP contribution in [0.5, 0.6) is 0 Å². The quantitative estimate of drug-likeness (QED) is 0.483. The Labute approximate surface area is 159 Å². The molecule has 0 aromatic heterocycles. The minimum absolute atomic E-state index is 0.0716. The molecule has 2 N–H and O–H groups in total. The van der Waals surface area contributed by atoms with Crippen LogP contribution in [0.2, 0.25) is 5.02 Å². The van der Waals surface area contributed by atoms with Gasteiger partial charge in [0.15, 0.2) is 0 Å². The SMILES string of the molecule is O=C(O)CCC/C=C/C1CCC(NS(=O)(=O)/C=C/c2cccc(Cl)c2)C1. The molecule has 1 aromatic rings. The number of aliphatic carboxylic acids is 1. The lowest BCUT2D eigenvalue weighted by atomic mass is 10.1. The van der Waals surface area contributed by atoms with Crippen LogP contribution in [0.15, 0.2) is 41.8 Å². The van der Waals surface area contributed by atoms with Crippen LogP contribution in [0.25, 0.3) is 6.08 Å².